The van der Waals surface area contributed by atoms with Crippen LogP contribution in [0.5, 0.6) is 0 Å². The van der Waals surface area contributed by atoms with Crippen LogP contribution in [0, 0.1) is 23.0 Å². The number of phosphoric ester groups is 1. The molecular weight excluding hydrogens is 527 g/mol. The van der Waals surface area contributed by atoms with Crippen LogP contribution >= 0.6 is 19.2 Å². The normalized spacial score (nSPS) is 14.2. The molecule has 0 saturated carbocycles. The van der Waals surface area contributed by atoms with Gasteiger partial charge in [-0.1, -0.05) is 19.1 Å². The minimum atomic E-state index is -4.94. The number of phosphoric acid groups is 1. The Morgan fingerprint density at radius 3 is 2.65 bits per heavy atom. The van der Waals surface area contributed by atoms with Crippen LogP contribution in [0.25, 0.3) is 11.3 Å². The summed E-state index contributed by atoms with van der Waals surface area (Å²) in [6, 6.07) is 11.7. The van der Waals surface area contributed by atoms with Gasteiger partial charge in [0, 0.05) is 22.4 Å². The van der Waals surface area contributed by atoms with Crippen molar-refractivity contribution in [1.29, 1.82) is 5.26 Å². The van der Waals surface area contributed by atoms with Crippen molar-refractivity contribution in [2.75, 3.05) is 6.79 Å². The van der Waals surface area contributed by atoms with Gasteiger partial charge in [0.1, 0.15) is 29.9 Å². The molecule has 0 radical (unpaired) electrons. The maximum absolute atomic E-state index is 15.2. The highest BCUT2D eigenvalue weighted by atomic mass is 32.1. The van der Waals surface area contributed by atoms with Gasteiger partial charge in [0.05, 0.1) is 28.9 Å². The third kappa shape index (κ3) is 6.14. The number of nitrogens with zero attached hydrogens (tertiary/aromatic N) is 5. The second-order valence-electron chi connectivity index (χ2n) is 7.97. The fraction of sp³-hybridized carbons (Fsp3) is 0.217. The Labute approximate surface area is 214 Å². The number of benzene rings is 2. The van der Waals surface area contributed by atoms with E-state index in [0.29, 0.717) is 16.3 Å². The summed E-state index contributed by atoms with van der Waals surface area (Å²) in [5, 5.41) is 15.3. The summed E-state index contributed by atoms with van der Waals surface area (Å²) in [7, 11) is -4.94. The Morgan fingerprint density at radius 1 is 1.24 bits per heavy atom. The Kier molecular flexibility index (Phi) is 7.89. The van der Waals surface area contributed by atoms with E-state index >= 15 is 4.39 Å². The number of hydrogen-bond acceptors (Lipinski definition) is 8. The summed E-state index contributed by atoms with van der Waals surface area (Å²) in [6.07, 6.45) is 2.59. The van der Waals surface area contributed by atoms with Crippen molar-refractivity contribution in [1.82, 2.24) is 19.7 Å². The quantitative estimate of drug-likeness (QED) is 0.219. The lowest BCUT2D eigenvalue weighted by molar-refractivity contribution is -0.140. The van der Waals surface area contributed by atoms with Crippen molar-refractivity contribution in [2.45, 2.75) is 25.0 Å². The minimum absolute atomic E-state index is 0.217. The molecule has 0 bridgehead atoms. The smallest absolute Gasteiger partial charge is 0.341 e. The first-order chi connectivity index (χ1) is 17.6. The Hall–Kier alpha value is -3.37. The lowest BCUT2D eigenvalue weighted by atomic mass is 9.81. The SMILES string of the molecule is C[C@@H](c1nc(-c2ccc(C#N)cc2)cs1)[C@@](Cn1cncn1)(OCOP(=O)(O)O)c1cc(F)ccc1F. The zero-order valence-corrected chi connectivity index (χ0v) is 20.9. The number of aromatic nitrogens is 4. The van der Waals surface area contributed by atoms with E-state index in [0.717, 1.165) is 23.8 Å². The van der Waals surface area contributed by atoms with Crippen LogP contribution in [0.4, 0.5) is 8.78 Å². The number of ether oxygens (including phenoxy) is 1. The van der Waals surface area contributed by atoms with E-state index in [1.54, 1.807) is 36.6 Å². The molecule has 2 atom stereocenters. The molecule has 2 N–H and O–H groups in total. The summed E-state index contributed by atoms with van der Waals surface area (Å²) in [5.74, 6) is -2.36. The zero-order chi connectivity index (χ0) is 26.6. The first-order valence-corrected chi connectivity index (χ1v) is 13.1. The van der Waals surface area contributed by atoms with Gasteiger partial charge in [0.2, 0.25) is 0 Å². The topological polar surface area (TPSA) is 143 Å². The third-order valence-electron chi connectivity index (χ3n) is 5.69. The molecule has 4 rings (SSSR count). The summed E-state index contributed by atoms with van der Waals surface area (Å²) < 4.78 is 52.7. The predicted molar refractivity (Wildman–Crippen MR) is 128 cm³/mol. The third-order valence-corrected chi connectivity index (χ3v) is 7.16. The largest absolute Gasteiger partial charge is 0.471 e. The minimum Gasteiger partial charge on any atom is -0.341 e. The Morgan fingerprint density at radius 2 is 2.00 bits per heavy atom. The van der Waals surface area contributed by atoms with E-state index < -0.39 is 37.8 Å². The van der Waals surface area contributed by atoms with Crippen molar-refractivity contribution < 1.29 is 32.4 Å². The average molecular weight is 547 g/mol. The number of nitriles is 1. The molecule has 4 aromatic rings. The molecule has 14 heteroatoms. The maximum atomic E-state index is 15.2. The lowest BCUT2D eigenvalue weighted by Crippen LogP contribution is -2.41. The van der Waals surface area contributed by atoms with E-state index in [-0.39, 0.29) is 12.1 Å². The summed E-state index contributed by atoms with van der Waals surface area (Å²) in [4.78, 5) is 26.9. The first-order valence-electron chi connectivity index (χ1n) is 10.7. The number of hydrogen-bond donors (Lipinski definition) is 2. The van der Waals surface area contributed by atoms with Gasteiger partial charge in [0.25, 0.3) is 0 Å². The monoisotopic (exact) mass is 547 g/mol. The first kappa shape index (κ1) is 26.7. The highest BCUT2D eigenvalue weighted by Gasteiger charge is 2.45. The van der Waals surface area contributed by atoms with Gasteiger partial charge in [-0.05, 0) is 30.3 Å². The molecule has 2 aromatic carbocycles. The van der Waals surface area contributed by atoms with Crippen LogP contribution in [0.1, 0.15) is 29.0 Å². The maximum Gasteiger partial charge on any atom is 0.471 e. The number of halogens is 2. The van der Waals surface area contributed by atoms with E-state index in [1.165, 1.54) is 28.7 Å². The Bertz CT molecular complexity index is 1460. The predicted octanol–water partition coefficient (Wildman–Crippen LogP) is 4.33. The molecule has 0 saturated heterocycles. The number of rotatable bonds is 10. The molecular formula is C23H20F2N5O5PS. The molecule has 0 unspecified atom stereocenters. The average Bonchev–Trinajstić information content (AvgIpc) is 3.56. The highest BCUT2D eigenvalue weighted by Crippen LogP contribution is 2.46. The molecule has 2 aromatic heterocycles. The van der Waals surface area contributed by atoms with Crippen molar-refractivity contribution >= 4 is 19.2 Å². The van der Waals surface area contributed by atoms with Crippen LogP contribution < -0.4 is 0 Å². The van der Waals surface area contributed by atoms with E-state index in [9.17, 15) is 18.7 Å². The standard InChI is InChI=1S/C23H20F2N5O5PS/c1-15(22-29-21(10-37-22)17-4-2-16(9-26)3-5-17)23(11-30-13-27-12-28-30,34-14-35-36(31,32)33)19-8-18(24)6-7-20(19)25/h2-8,10,12-13,15H,11,14H2,1H3,(H2,31,32,33)/t15-,23+/m0/s1. The van der Waals surface area contributed by atoms with E-state index in [2.05, 4.69) is 19.6 Å². The van der Waals surface area contributed by atoms with Gasteiger partial charge >= 0.3 is 7.82 Å². The van der Waals surface area contributed by atoms with Gasteiger partial charge in [-0.25, -0.2) is 28.0 Å². The van der Waals surface area contributed by atoms with Crippen LogP contribution in [0.3, 0.4) is 0 Å². The molecule has 0 spiro atoms. The van der Waals surface area contributed by atoms with Crippen molar-refractivity contribution in [3.63, 3.8) is 0 Å². The lowest BCUT2D eigenvalue weighted by Gasteiger charge is -2.38. The molecule has 10 nitrogen and oxygen atoms in total. The molecule has 0 aliphatic rings. The van der Waals surface area contributed by atoms with Gasteiger partial charge in [-0.15, -0.1) is 11.3 Å². The van der Waals surface area contributed by atoms with Gasteiger partial charge in [0.15, 0.2) is 6.79 Å². The summed E-state index contributed by atoms with van der Waals surface area (Å²) in [6.45, 7) is 0.512. The van der Waals surface area contributed by atoms with Crippen molar-refractivity contribution in [2.24, 2.45) is 0 Å². The van der Waals surface area contributed by atoms with E-state index in [4.69, 9.17) is 10.00 Å². The van der Waals surface area contributed by atoms with Gasteiger partial charge in [-0.3, -0.25) is 4.52 Å². The number of thiazole rings is 1. The zero-order valence-electron chi connectivity index (χ0n) is 19.2. The molecule has 192 valence electrons. The van der Waals surface area contributed by atoms with Gasteiger partial charge in [-0.2, -0.15) is 10.4 Å². The fourth-order valence-corrected chi connectivity index (χ4v) is 4.97. The second-order valence-corrected chi connectivity index (χ2v) is 10.1. The molecule has 0 aliphatic heterocycles. The molecule has 0 aliphatic carbocycles. The fourth-order valence-electron chi connectivity index (χ4n) is 3.81. The molecule has 37 heavy (non-hydrogen) atoms. The highest BCUT2D eigenvalue weighted by molar-refractivity contribution is 7.46. The van der Waals surface area contributed by atoms with Crippen LogP contribution in [0.2, 0.25) is 0 Å². The van der Waals surface area contributed by atoms with Crippen LogP contribution in [-0.4, -0.2) is 36.3 Å². The van der Waals surface area contributed by atoms with Crippen molar-refractivity contribution in [3.8, 4) is 17.3 Å². The van der Waals surface area contributed by atoms with Crippen molar-refractivity contribution in [3.05, 3.63) is 88.3 Å². The molecule has 0 amide bonds. The second kappa shape index (κ2) is 10.9. The van der Waals surface area contributed by atoms with Gasteiger partial charge < -0.3 is 14.5 Å². The summed E-state index contributed by atoms with van der Waals surface area (Å²) in [5.41, 5.74) is -0.204. The Balaban J connectivity index is 1.81. The van der Waals surface area contributed by atoms with Crippen LogP contribution in [-0.2, 0) is 26.0 Å². The van der Waals surface area contributed by atoms with E-state index in [1.807, 2.05) is 6.07 Å². The summed E-state index contributed by atoms with van der Waals surface area (Å²) >= 11 is 1.23. The molecule has 2 heterocycles. The van der Waals surface area contributed by atoms with Crippen LogP contribution in [0.15, 0.2) is 60.5 Å². The molecule has 0 fully saturated rings.